The summed E-state index contributed by atoms with van der Waals surface area (Å²) in [4.78, 5) is 19.4. The average Bonchev–Trinajstić information content (AvgIpc) is 3.04. The maximum atomic E-state index is 11.2. The van der Waals surface area contributed by atoms with Gasteiger partial charge in [0.1, 0.15) is 9.45 Å². The number of carboxylic acid groups (broad SMARTS) is 1. The van der Waals surface area contributed by atoms with Crippen LogP contribution >= 0.6 is 22.6 Å². The van der Waals surface area contributed by atoms with Crippen molar-refractivity contribution >= 4 is 45.4 Å². The lowest BCUT2D eigenvalue weighted by Crippen LogP contribution is -2.48. The van der Waals surface area contributed by atoms with E-state index in [1.807, 2.05) is 35.0 Å². The normalized spacial score (nSPS) is 14.5. The predicted octanol–water partition coefficient (Wildman–Crippen LogP) is 2.89. The van der Waals surface area contributed by atoms with Crippen molar-refractivity contribution in [1.82, 2.24) is 19.7 Å². The lowest BCUT2D eigenvalue weighted by molar-refractivity contribution is 0.142. The number of nitrogens with zero attached hydrogens (tertiary/aromatic N) is 5. The molecule has 1 amide bonds. The zero-order valence-corrected chi connectivity index (χ0v) is 17.5. The highest BCUT2D eigenvalue weighted by Crippen LogP contribution is 2.30. The molecule has 0 radical (unpaired) electrons. The Kier molecular flexibility index (Phi) is 5.25. The molecule has 1 fully saturated rings. The molecule has 0 aliphatic carbocycles. The van der Waals surface area contributed by atoms with Crippen LogP contribution in [0.5, 0.6) is 5.75 Å². The third-order valence-electron chi connectivity index (χ3n) is 4.95. The summed E-state index contributed by atoms with van der Waals surface area (Å²) in [7, 11) is 1.65. The van der Waals surface area contributed by atoms with Crippen LogP contribution in [-0.2, 0) is 6.54 Å². The average molecular weight is 493 g/mol. The Hall–Kier alpha value is -2.56. The van der Waals surface area contributed by atoms with Crippen LogP contribution in [0.25, 0.3) is 11.0 Å². The van der Waals surface area contributed by atoms with Crippen molar-refractivity contribution in [3.8, 4) is 5.75 Å². The van der Waals surface area contributed by atoms with Gasteiger partial charge in [-0.05, 0) is 46.4 Å². The van der Waals surface area contributed by atoms with Crippen molar-refractivity contribution in [2.75, 3.05) is 38.2 Å². The summed E-state index contributed by atoms with van der Waals surface area (Å²) in [6.45, 7) is 2.93. The first-order chi connectivity index (χ1) is 13.6. The molecule has 0 saturated carbocycles. The summed E-state index contributed by atoms with van der Waals surface area (Å²) in [6, 6.07) is 9.91. The van der Waals surface area contributed by atoms with Crippen LogP contribution in [0.1, 0.15) is 5.56 Å². The molecule has 146 valence electrons. The molecule has 0 bridgehead atoms. The first-order valence-corrected chi connectivity index (χ1v) is 10.0. The van der Waals surface area contributed by atoms with Gasteiger partial charge in [-0.1, -0.05) is 12.1 Å². The third-order valence-corrected chi connectivity index (χ3v) is 5.71. The van der Waals surface area contributed by atoms with Gasteiger partial charge in [-0.15, -0.1) is 0 Å². The van der Waals surface area contributed by atoms with E-state index in [-0.39, 0.29) is 0 Å². The number of halogens is 1. The van der Waals surface area contributed by atoms with Gasteiger partial charge in [-0.25, -0.2) is 14.5 Å². The van der Waals surface area contributed by atoms with Crippen LogP contribution in [0, 0.1) is 3.70 Å². The summed E-state index contributed by atoms with van der Waals surface area (Å²) >= 11 is 2.25. The fourth-order valence-electron chi connectivity index (χ4n) is 3.45. The van der Waals surface area contributed by atoms with Gasteiger partial charge in [0, 0.05) is 32.4 Å². The van der Waals surface area contributed by atoms with Crippen molar-refractivity contribution in [2.24, 2.45) is 0 Å². The van der Waals surface area contributed by atoms with Gasteiger partial charge in [0.15, 0.2) is 5.65 Å². The zero-order chi connectivity index (χ0) is 19.7. The highest BCUT2D eigenvalue weighted by atomic mass is 127. The highest BCUT2D eigenvalue weighted by molar-refractivity contribution is 14.1. The Morgan fingerprint density at radius 1 is 1.18 bits per heavy atom. The van der Waals surface area contributed by atoms with E-state index in [2.05, 4.69) is 32.5 Å². The van der Waals surface area contributed by atoms with Crippen LogP contribution in [0.2, 0.25) is 0 Å². The molecule has 3 heterocycles. The van der Waals surface area contributed by atoms with Gasteiger partial charge in [-0.2, -0.15) is 5.10 Å². The maximum absolute atomic E-state index is 11.2. The second-order valence-corrected chi connectivity index (χ2v) is 7.60. The first kappa shape index (κ1) is 18.8. The van der Waals surface area contributed by atoms with Crippen molar-refractivity contribution < 1.29 is 14.6 Å². The monoisotopic (exact) mass is 493 g/mol. The van der Waals surface area contributed by atoms with Crippen molar-refractivity contribution in [3.63, 3.8) is 0 Å². The number of methoxy groups -OCH3 is 1. The number of aromatic nitrogens is 3. The van der Waals surface area contributed by atoms with Crippen LogP contribution in [-0.4, -0.2) is 64.2 Å². The SMILES string of the molecule is COc1ccc(Cn2nc(I)c3c(N4CCN(C(=O)O)CC4)ccnc32)cc1. The van der Waals surface area contributed by atoms with Gasteiger partial charge in [0.2, 0.25) is 0 Å². The number of piperazine rings is 1. The fraction of sp³-hybridized carbons (Fsp3) is 0.316. The summed E-state index contributed by atoms with van der Waals surface area (Å²) < 4.78 is 8.02. The number of ether oxygens (including phenoxy) is 1. The molecule has 1 N–H and O–H groups in total. The Bertz CT molecular complexity index is 997. The molecular formula is C19H20IN5O3. The Labute approximate surface area is 175 Å². The minimum atomic E-state index is -0.860. The Morgan fingerprint density at radius 3 is 2.54 bits per heavy atom. The number of hydrogen-bond acceptors (Lipinski definition) is 5. The molecule has 4 rings (SSSR count). The number of carbonyl (C=O) groups is 1. The number of rotatable bonds is 4. The molecule has 1 saturated heterocycles. The van der Waals surface area contributed by atoms with Crippen LogP contribution in [0.4, 0.5) is 10.5 Å². The molecule has 8 nitrogen and oxygen atoms in total. The lowest BCUT2D eigenvalue weighted by Gasteiger charge is -2.34. The van der Waals surface area contributed by atoms with Crippen molar-refractivity contribution in [1.29, 1.82) is 0 Å². The summed E-state index contributed by atoms with van der Waals surface area (Å²) in [5, 5.41) is 14.9. The molecule has 3 aromatic rings. The minimum Gasteiger partial charge on any atom is -0.497 e. The van der Waals surface area contributed by atoms with E-state index in [0.717, 1.165) is 31.7 Å². The van der Waals surface area contributed by atoms with E-state index < -0.39 is 6.09 Å². The standard InChI is InChI=1S/C19H20IN5O3/c1-28-14-4-2-13(3-5-14)12-25-18-16(17(20)22-25)15(6-7-21-18)23-8-10-24(11-9-23)19(26)27/h2-7H,8-12H2,1H3,(H,26,27). The number of hydrogen-bond donors (Lipinski definition) is 1. The Balaban J connectivity index is 1.63. The van der Waals surface area contributed by atoms with Crippen LogP contribution in [0.3, 0.4) is 0 Å². The van der Waals surface area contributed by atoms with E-state index in [4.69, 9.17) is 14.9 Å². The summed E-state index contributed by atoms with van der Waals surface area (Å²) in [5.74, 6) is 0.824. The van der Waals surface area contributed by atoms with Crippen molar-refractivity contribution in [3.05, 3.63) is 45.8 Å². The number of benzene rings is 1. The van der Waals surface area contributed by atoms with Crippen LogP contribution in [0.15, 0.2) is 36.5 Å². The van der Waals surface area contributed by atoms with Crippen molar-refractivity contribution in [2.45, 2.75) is 6.54 Å². The highest BCUT2D eigenvalue weighted by Gasteiger charge is 2.24. The van der Waals surface area contributed by atoms with Gasteiger partial charge in [-0.3, -0.25) is 0 Å². The van der Waals surface area contributed by atoms with Crippen LogP contribution < -0.4 is 9.64 Å². The van der Waals surface area contributed by atoms with Gasteiger partial charge < -0.3 is 19.6 Å². The first-order valence-electron chi connectivity index (χ1n) is 8.93. The van der Waals surface area contributed by atoms with E-state index in [9.17, 15) is 4.79 Å². The number of anilines is 1. The quantitative estimate of drug-likeness (QED) is 0.563. The zero-order valence-electron chi connectivity index (χ0n) is 15.4. The van der Waals surface area contributed by atoms with E-state index in [1.54, 1.807) is 13.3 Å². The molecular weight excluding hydrogens is 473 g/mol. The molecule has 0 spiro atoms. The van der Waals surface area contributed by atoms with Gasteiger partial charge >= 0.3 is 6.09 Å². The topological polar surface area (TPSA) is 83.7 Å². The smallest absolute Gasteiger partial charge is 0.407 e. The molecule has 9 heteroatoms. The largest absolute Gasteiger partial charge is 0.497 e. The molecule has 2 aromatic heterocycles. The molecule has 0 unspecified atom stereocenters. The minimum absolute atomic E-state index is 0.496. The number of fused-ring (bicyclic) bond motifs is 1. The Morgan fingerprint density at radius 2 is 1.89 bits per heavy atom. The second-order valence-electron chi connectivity index (χ2n) is 6.58. The summed E-state index contributed by atoms with van der Waals surface area (Å²) in [6.07, 6.45) is 0.935. The predicted molar refractivity (Wildman–Crippen MR) is 114 cm³/mol. The molecule has 0 atom stereocenters. The lowest BCUT2D eigenvalue weighted by atomic mass is 10.2. The maximum Gasteiger partial charge on any atom is 0.407 e. The molecule has 1 aromatic carbocycles. The van der Waals surface area contributed by atoms with Gasteiger partial charge in [0.05, 0.1) is 24.7 Å². The molecule has 1 aliphatic rings. The van der Waals surface area contributed by atoms with Gasteiger partial charge in [0.25, 0.3) is 0 Å². The number of amides is 1. The molecule has 28 heavy (non-hydrogen) atoms. The number of pyridine rings is 1. The second kappa shape index (κ2) is 7.82. The third kappa shape index (κ3) is 3.58. The van der Waals surface area contributed by atoms with E-state index in [1.165, 1.54) is 4.90 Å². The molecule has 1 aliphatic heterocycles. The fourth-order valence-corrected chi connectivity index (χ4v) is 4.23. The van der Waals surface area contributed by atoms with E-state index in [0.29, 0.717) is 32.7 Å². The van der Waals surface area contributed by atoms with E-state index >= 15 is 0 Å². The summed E-state index contributed by atoms with van der Waals surface area (Å²) in [5.41, 5.74) is 3.00.